The molecule has 4 heavy (non-hydrogen) atoms. The van der Waals surface area contributed by atoms with Crippen LogP contribution in [-0.2, 0) is 32.7 Å². The Hall–Kier alpha value is 0.664. The van der Waals surface area contributed by atoms with E-state index in [9.17, 15) is 0 Å². The summed E-state index contributed by atoms with van der Waals surface area (Å²) >= 11 is 0. The van der Waals surface area contributed by atoms with Crippen LogP contribution in [0.2, 0.25) is 0 Å². The van der Waals surface area contributed by atoms with Crippen molar-refractivity contribution in [3.05, 3.63) is 6.42 Å². The molecule has 19 valence electrons. The second-order valence-corrected chi connectivity index (χ2v) is 0.250. The summed E-state index contributed by atoms with van der Waals surface area (Å²) in [6.07, 6.45) is 5.96. The molecule has 0 aromatic rings. The van der Waals surface area contributed by atoms with Crippen molar-refractivity contribution in [1.82, 2.24) is 0 Å². The minimum atomic E-state index is 0. The van der Waals surface area contributed by atoms with Gasteiger partial charge in [0.2, 0.25) is 0 Å². The Morgan fingerprint density at radius 1 is 1.75 bits per heavy atom. The van der Waals surface area contributed by atoms with E-state index in [4.69, 9.17) is 6.42 Å². The van der Waals surface area contributed by atoms with Crippen LogP contribution in [0.3, 0.4) is 0 Å². The van der Waals surface area contributed by atoms with Crippen LogP contribution in [0.1, 0.15) is 6.92 Å². The van der Waals surface area contributed by atoms with Crippen molar-refractivity contribution in [2.75, 3.05) is 0 Å². The van der Waals surface area contributed by atoms with Crippen LogP contribution in [-0.4, -0.2) is 0 Å². The van der Waals surface area contributed by atoms with Gasteiger partial charge in [-0.05, 0) is 6.92 Å². The zero-order chi connectivity index (χ0) is 2.71. The summed E-state index contributed by atoms with van der Waals surface area (Å²) in [5.74, 6) is 2.00. The van der Waals surface area contributed by atoms with E-state index in [0.717, 1.165) is 0 Å². The van der Waals surface area contributed by atoms with Crippen LogP contribution >= 0.6 is 0 Å². The molecule has 0 bridgehead atoms. The molecule has 0 saturated heterocycles. The van der Waals surface area contributed by atoms with Gasteiger partial charge in [-0.3, -0.25) is 0 Å². The molecule has 0 amide bonds. The molecule has 0 aliphatic carbocycles. The predicted molar refractivity (Wildman–Crippen MR) is 12.8 cm³/mol. The van der Waals surface area contributed by atoms with E-state index in [1.807, 2.05) is 5.92 Å². The second-order valence-electron chi connectivity index (χ2n) is 0.250. The Labute approximate surface area is 51.9 Å². The summed E-state index contributed by atoms with van der Waals surface area (Å²) in [6.45, 7) is 1.54. The molecule has 0 nitrogen and oxygen atoms in total. The molecule has 0 N–H and O–H groups in total. The molecule has 0 atom stereocenters. The topological polar surface area (TPSA) is 0 Å². The molecule has 0 saturated carbocycles. The van der Waals surface area contributed by atoms with Crippen molar-refractivity contribution >= 4 is 0 Å². The zero-order valence-electron chi connectivity index (χ0n) is 2.58. The van der Waals surface area contributed by atoms with Crippen LogP contribution in [0.15, 0.2) is 0 Å². The third-order valence-corrected chi connectivity index (χ3v) is 0. The molecule has 0 rings (SSSR count). The maximum Gasteiger partial charge on any atom is 0 e. The van der Waals surface area contributed by atoms with Gasteiger partial charge < -0.3 is 12.3 Å². The molecule has 0 aliphatic rings. The van der Waals surface area contributed by atoms with E-state index in [1.165, 1.54) is 0 Å². The first-order valence-electron chi connectivity index (χ1n) is 0.750. The Bertz CT molecular complexity index is 24.8. The van der Waals surface area contributed by atoms with E-state index < -0.39 is 0 Å². The van der Waals surface area contributed by atoms with Crippen LogP contribution in [0.4, 0.5) is 0 Å². The Balaban J connectivity index is 0. The molecular formula is C3H3Y-. The van der Waals surface area contributed by atoms with Crippen molar-refractivity contribution in [3.63, 3.8) is 0 Å². The normalized spacial score (nSPS) is 2.00. The first-order valence-corrected chi connectivity index (χ1v) is 0.750. The largest absolute Gasteiger partial charge is 0.694 e. The van der Waals surface area contributed by atoms with Gasteiger partial charge in [-0.25, -0.2) is 0 Å². The zero-order valence-corrected chi connectivity index (χ0v) is 5.42. The van der Waals surface area contributed by atoms with Crippen LogP contribution in [0.25, 0.3) is 0 Å². The first-order chi connectivity index (χ1) is 1.41. The molecular weight excluding hydrogens is 125 g/mol. The summed E-state index contributed by atoms with van der Waals surface area (Å²) < 4.78 is 0. The summed E-state index contributed by atoms with van der Waals surface area (Å²) in [4.78, 5) is 0. The number of hydrogen-bond acceptors (Lipinski definition) is 0. The van der Waals surface area contributed by atoms with Crippen LogP contribution < -0.4 is 0 Å². The quantitative estimate of drug-likeness (QED) is 0.331. The minimum absolute atomic E-state index is 0. The van der Waals surface area contributed by atoms with Crippen molar-refractivity contribution in [2.45, 2.75) is 6.92 Å². The van der Waals surface area contributed by atoms with Gasteiger partial charge in [-0.1, -0.05) is 0 Å². The summed E-state index contributed by atoms with van der Waals surface area (Å²) in [7, 11) is 0. The van der Waals surface area contributed by atoms with Gasteiger partial charge in [0.1, 0.15) is 0 Å². The Kier molecular flexibility index (Phi) is 20.7. The fourth-order valence-corrected chi connectivity index (χ4v) is 0. The number of hydrogen-bond donors (Lipinski definition) is 0. The van der Waals surface area contributed by atoms with Gasteiger partial charge in [0.05, 0.1) is 0 Å². The molecule has 1 radical (unpaired) electrons. The van der Waals surface area contributed by atoms with Gasteiger partial charge in [0.15, 0.2) is 0 Å². The maximum absolute atomic E-state index is 5.96. The standard InChI is InChI=1S/C3H3.Y/c1-3-2;/h1H3;/q-1;. The van der Waals surface area contributed by atoms with E-state index in [0.29, 0.717) is 0 Å². The average molecular weight is 128 g/mol. The molecule has 0 aromatic heterocycles. The van der Waals surface area contributed by atoms with Gasteiger partial charge in [-0.15, -0.1) is 0 Å². The van der Waals surface area contributed by atoms with Crippen LogP contribution in [0.5, 0.6) is 0 Å². The molecule has 0 unspecified atom stereocenters. The maximum atomic E-state index is 5.96. The van der Waals surface area contributed by atoms with Gasteiger partial charge >= 0.3 is 0 Å². The monoisotopic (exact) mass is 128 g/mol. The van der Waals surface area contributed by atoms with Crippen molar-refractivity contribution in [2.24, 2.45) is 0 Å². The van der Waals surface area contributed by atoms with Gasteiger partial charge in [0.25, 0.3) is 0 Å². The Morgan fingerprint density at radius 3 is 1.75 bits per heavy atom. The van der Waals surface area contributed by atoms with Gasteiger partial charge in [0, 0.05) is 32.7 Å². The molecule has 0 heterocycles. The summed E-state index contributed by atoms with van der Waals surface area (Å²) in [6, 6.07) is 0. The second kappa shape index (κ2) is 9.39. The van der Waals surface area contributed by atoms with E-state index in [-0.39, 0.29) is 32.7 Å². The average Bonchev–Trinajstić information content (AvgIpc) is 0.918. The molecule has 0 aromatic carbocycles. The fourth-order valence-electron chi connectivity index (χ4n) is 0. The summed E-state index contributed by atoms with van der Waals surface area (Å²) in [5.41, 5.74) is 0. The molecule has 0 aliphatic heterocycles. The van der Waals surface area contributed by atoms with Gasteiger partial charge in [-0.2, -0.15) is 0 Å². The van der Waals surface area contributed by atoms with E-state index >= 15 is 0 Å². The van der Waals surface area contributed by atoms with E-state index in [2.05, 4.69) is 0 Å². The Morgan fingerprint density at radius 2 is 1.75 bits per heavy atom. The van der Waals surface area contributed by atoms with E-state index in [1.54, 1.807) is 6.92 Å². The summed E-state index contributed by atoms with van der Waals surface area (Å²) in [5, 5.41) is 0. The molecule has 0 spiro atoms. The first kappa shape index (κ1) is 8.82. The molecule has 1 heteroatoms. The van der Waals surface area contributed by atoms with Crippen LogP contribution in [0, 0.1) is 12.3 Å². The van der Waals surface area contributed by atoms with Crippen molar-refractivity contribution in [1.29, 1.82) is 0 Å². The minimum Gasteiger partial charge on any atom is -0.694 e. The third-order valence-electron chi connectivity index (χ3n) is 0. The van der Waals surface area contributed by atoms with Crippen molar-refractivity contribution < 1.29 is 32.7 Å². The van der Waals surface area contributed by atoms with Crippen molar-refractivity contribution in [3.8, 4) is 5.92 Å². The SMILES string of the molecule is [C-]#CC.[Y]. The molecule has 0 fully saturated rings. The third kappa shape index (κ3) is 16.7. The fraction of sp³-hybridized carbons (Fsp3) is 0.333. The predicted octanol–water partition coefficient (Wildman–Crippen LogP) is 0.594. The number of rotatable bonds is 0. The smallest absolute Gasteiger partial charge is 0 e.